The van der Waals surface area contributed by atoms with Crippen LogP contribution in [0.15, 0.2) is 27.8 Å². The first-order valence-electron chi connectivity index (χ1n) is 5.74. The summed E-state index contributed by atoms with van der Waals surface area (Å²) in [5, 5.41) is 10.5. The summed E-state index contributed by atoms with van der Waals surface area (Å²) in [6.07, 6.45) is 1.93. The second-order valence-electron chi connectivity index (χ2n) is 4.79. The lowest BCUT2D eigenvalue weighted by Crippen LogP contribution is -2.38. The molecule has 0 aliphatic carbocycles. The third-order valence-corrected chi connectivity index (χ3v) is 2.70. The van der Waals surface area contributed by atoms with Gasteiger partial charge in [0.25, 0.3) is 0 Å². The molecule has 17 heavy (non-hydrogen) atoms. The fourth-order valence-corrected chi connectivity index (χ4v) is 1.94. The van der Waals surface area contributed by atoms with Crippen LogP contribution in [-0.2, 0) is 0 Å². The fourth-order valence-electron chi connectivity index (χ4n) is 1.94. The summed E-state index contributed by atoms with van der Waals surface area (Å²) >= 11 is 0. The van der Waals surface area contributed by atoms with Gasteiger partial charge in [-0.05, 0) is 31.4 Å². The van der Waals surface area contributed by atoms with Crippen LogP contribution in [0, 0.1) is 17.2 Å². The van der Waals surface area contributed by atoms with E-state index >= 15 is 0 Å². The Labute approximate surface area is 103 Å². The lowest BCUT2D eigenvalue weighted by molar-refractivity contribution is 0.531. The minimum atomic E-state index is -0.434. The van der Waals surface area contributed by atoms with E-state index in [0.717, 1.165) is 16.7 Å². The predicted octanol–water partition coefficient (Wildman–Crippen LogP) is 2.01. The third kappa shape index (κ3) is 2.75. The van der Waals surface area contributed by atoms with Crippen LogP contribution in [-0.4, -0.2) is 23.9 Å². The van der Waals surface area contributed by atoms with Crippen molar-refractivity contribution in [3.05, 3.63) is 22.8 Å². The van der Waals surface area contributed by atoms with E-state index in [1.807, 2.05) is 19.9 Å². The maximum Gasteiger partial charge on any atom is 0.157 e. The smallest absolute Gasteiger partial charge is 0.157 e. The normalized spacial score (nSPS) is 19.6. The van der Waals surface area contributed by atoms with Crippen molar-refractivity contribution in [2.24, 2.45) is 16.8 Å². The maximum atomic E-state index is 9.04. The van der Waals surface area contributed by atoms with Gasteiger partial charge in [-0.15, -0.1) is 0 Å². The monoisotopic (exact) mass is 232 g/mol. The number of dihydropyridines is 1. The molecule has 0 saturated heterocycles. The molecule has 4 nitrogen and oxygen atoms in total. The van der Waals surface area contributed by atoms with Crippen LogP contribution in [0.25, 0.3) is 0 Å². The van der Waals surface area contributed by atoms with Gasteiger partial charge >= 0.3 is 0 Å². The van der Waals surface area contributed by atoms with Crippen molar-refractivity contribution in [3.63, 3.8) is 0 Å². The van der Waals surface area contributed by atoms with E-state index < -0.39 is 6.04 Å². The molecule has 0 amide bonds. The van der Waals surface area contributed by atoms with E-state index in [-0.39, 0.29) is 0 Å². The Hall–Kier alpha value is -1.60. The van der Waals surface area contributed by atoms with Crippen LogP contribution in [0.1, 0.15) is 27.7 Å². The molecule has 0 radical (unpaired) electrons. The molecule has 0 spiro atoms. The third-order valence-electron chi connectivity index (χ3n) is 2.70. The van der Waals surface area contributed by atoms with Crippen LogP contribution >= 0.6 is 0 Å². The highest BCUT2D eigenvalue weighted by atomic mass is 15.4. The van der Waals surface area contributed by atoms with Crippen molar-refractivity contribution >= 4 is 5.84 Å². The van der Waals surface area contributed by atoms with E-state index in [2.05, 4.69) is 24.9 Å². The molecule has 4 heteroatoms. The summed E-state index contributed by atoms with van der Waals surface area (Å²) in [6.45, 7) is 8.31. The lowest BCUT2D eigenvalue weighted by atomic mass is 9.88. The summed E-state index contributed by atoms with van der Waals surface area (Å²) < 4.78 is 0. The molecule has 2 N–H and O–H groups in total. The summed E-state index contributed by atoms with van der Waals surface area (Å²) in [5.74, 6) is 6.85. The van der Waals surface area contributed by atoms with Gasteiger partial charge in [0.15, 0.2) is 6.04 Å². The zero-order valence-electron chi connectivity index (χ0n) is 11.2. The van der Waals surface area contributed by atoms with Crippen molar-refractivity contribution in [2.75, 3.05) is 7.05 Å². The Balaban J connectivity index is 3.37. The van der Waals surface area contributed by atoms with Gasteiger partial charge in [-0.3, -0.25) is 5.01 Å². The van der Waals surface area contributed by atoms with Crippen molar-refractivity contribution in [1.82, 2.24) is 5.01 Å². The number of aliphatic imine (C=N–C) groups is 1. The number of rotatable bonds is 1. The van der Waals surface area contributed by atoms with Crippen LogP contribution < -0.4 is 5.84 Å². The SMILES string of the molecule is CC(C)=C1C(C(C)C)=CC(C#N)N=C1N(C)N. The number of nitriles is 1. The highest BCUT2D eigenvalue weighted by Crippen LogP contribution is 2.28. The Morgan fingerprint density at radius 1 is 1.53 bits per heavy atom. The zero-order valence-corrected chi connectivity index (χ0v) is 11.2. The molecule has 1 aliphatic heterocycles. The van der Waals surface area contributed by atoms with Gasteiger partial charge < -0.3 is 0 Å². The van der Waals surface area contributed by atoms with E-state index in [1.54, 1.807) is 7.05 Å². The average molecular weight is 232 g/mol. The van der Waals surface area contributed by atoms with Gasteiger partial charge in [0.1, 0.15) is 5.84 Å². The zero-order chi connectivity index (χ0) is 13.2. The van der Waals surface area contributed by atoms with Crippen molar-refractivity contribution in [2.45, 2.75) is 33.7 Å². The minimum Gasteiger partial charge on any atom is -0.298 e. The molecule has 1 unspecified atom stereocenters. The standard InChI is InChI=1S/C13H20N4/c1-8(2)11-6-10(7-14)16-13(17(5)15)12(11)9(3)4/h6,8,10H,15H2,1-5H3. The molecule has 1 atom stereocenters. The quantitative estimate of drug-likeness (QED) is 0.555. The number of allylic oxidation sites excluding steroid dienone is 1. The first-order valence-corrected chi connectivity index (χ1v) is 5.74. The van der Waals surface area contributed by atoms with Gasteiger partial charge in [-0.25, -0.2) is 10.8 Å². The highest BCUT2D eigenvalue weighted by molar-refractivity contribution is 6.03. The van der Waals surface area contributed by atoms with Crippen LogP contribution in [0.2, 0.25) is 0 Å². The van der Waals surface area contributed by atoms with E-state index in [9.17, 15) is 0 Å². The van der Waals surface area contributed by atoms with Gasteiger partial charge in [-0.2, -0.15) is 5.26 Å². The Morgan fingerprint density at radius 3 is 2.47 bits per heavy atom. The summed E-state index contributed by atoms with van der Waals surface area (Å²) in [6, 6.07) is 1.73. The highest BCUT2D eigenvalue weighted by Gasteiger charge is 2.25. The number of hydrazine groups is 1. The number of hydrogen-bond acceptors (Lipinski definition) is 4. The van der Waals surface area contributed by atoms with Crippen molar-refractivity contribution in [1.29, 1.82) is 5.26 Å². The van der Waals surface area contributed by atoms with E-state index in [0.29, 0.717) is 11.8 Å². The molecule has 0 fully saturated rings. The molecule has 92 valence electrons. The molecule has 1 rings (SSSR count). The minimum absolute atomic E-state index is 0.348. The lowest BCUT2D eigenvalue weighted by Gasteiger charge is -2.28. The average Bonchev–Trinajstić information content (AvgIpc) is 2.26. The molecular weight excluding hydrogens is 212 g/mol. The second kappa shape index (κ2) is 5.15. The van der Waals surface area contributed by atoms with Crippen LogP contribution in [0.3, 0.4) is 0 Å². The van der Waals surface area contributed by atoms with Gasteiger partial charge in [-0.1, -0.05) is 19.4 Å². The molecule has 1 heterocycles. The predicted molar refractivity (Wildman–Crippen MR) is 70.1 cm³/mol. The molecule has 0 bridgehead atoms. The summed E-state index contributed by atoms with van der Waals surface area (Å²) in [4.78, 5) is 4.36. The van der Waals surface area contributed by atoms with Crippen molar-refractivity contribution in [3.8, 4) is 6.07 Å². The molecule has 0 aromatic rings. The maximum absolute atomic E-state index is 9.04. The number of nitrogens with two attached hydrogens (primary N) is 1. The largest absolute Gasteiger partial charge is 0.298 e. The topological polar surface area (TPSA) is 65.4 Å². The molecule has 0 aromatic carbocycles. The van der Waals surface area contributed by atoms with Gasteiger partial charge in [0, 0.05) is 12.6 Å². The van der Waals surface area contributed by atoms with Gasteiger partial charge in [0.05, 0.1) is 6.07 Å². The Kier molecular flexibility index (Phi) is 4.08. The number of hydrogen-bond donors (Lipinski definition) is 1. The van der Waals surface area contributed by atoms with E-state index in [4.69, 9.17) is 11.1 Å². The molecule has 0 saturated carbocycles. The second-order valence-corrected chi connectivity index (χ2v) is 4.79. The Morgan fingerprint density at radius 2 is 2.12 bits per heavy atom. The molecular formula is C13H20N4. The number of likely N-dealkylation sites (N-methyl/N-ethyl adjacent to an activating group) is 1. The summed E-state index contributed by atoms with van der Waals surface area (Å²) in [7, 11) is 1.75. The molecule has 1 aliphatic rings. The van der Waals surface area contributed by atoms with Gasteiger partial charge in [0.2, 0.25) is 0 Å². The van der Waals surface area contributed by atoms with Crippen molar-refractivity contribution < 1.29 is 0 Å². The van der Waals surface area contributed by atoms with E-state index in [1.165, 1.54) is 5.01 Å². The summed E-state index contributed by atoms with van der Waals surface area (Å²) in [5.41, 5.74) is 3.38. The van der Waals surface area contributed by atoms with Crippen LogP contribution in [0.4, 0.5) is 0 Å². The fraction of sp³-hybridized carbons (Fsp3) is 0.538. The Bertz CT molecular complexity index is 401. The molecule has 0 aromatic heterocycles. The number of nitrogens with zero attached hydrogens (tertiary/aromatic N) is 3. The van der Waals surface area contributed by atoms with Crippen LogP contribution in [0.5, 0.6) is 0 Å². The first kappa shape index (κ1) is 13.5. The number of amidine groups is 1. The first-order chi connectivity index (χ1) is 7.88.